The first-order chi connectivity index (χ1) is 9.65. The van der Waals surface area contributed by atoms with Crippen LogP contribution in [-0.2, 0) is 6.54 Å². The first kappa shape index (κ1) is 13.2. The summed E-state index contributed by atoms with van der Waals surface area (Å²) in [5.41, 5.74) is 1.86. The maximum Gasteiger partial charge on any atom is 0.159 e. The Labute approximate surface area is 116 Å². The zero-order valence-electron chi connectivity index (χ0n) is 11.3. The van der Waals surface area contributed by atoms with Gasteiger partial charge < -0.3 is 9.88 Å². The van der Waals surface area contributed by atoms with Gasteiger partial charge in [-0.1, -0.05) is 6.07 Å². The number of aromatic nitrogens is 2. The second kappa shape index (κ2) is 5.32. The average molecular weight is 277 g/mol. The fraction of sp³-hybridized carbons (Fsp3) is 0.400. The largest absolute Gasteiger partial charge is 0.330 e. The number of imidazole rings is 1. The van der Waals surface area contributed by atoms with E-state index < -0.39 is 11.6 Å². The fourth-order valence-corrected chi connectivity index (χ4v) is 2.31. The van der Waals surface area contributed by atoms with E-state index in [-0.39, 0.29) is 6.04 Å². The molecule has 1 heterocycles. The Bertz CT molecular complexity index is 605. The van der Waals surface area contributed by atoms with Crippen LogP contribution in [0.15, 0.2) is 30.7 Å². The Morgan fingerprint density at radius 1 is 1.35 bits per heavy atom. The summed E-state index contributed by atoms with van der Waals surface area (Å²) in [7, 11) is 0. The molecule has 0 radical (unpaired) electrons. The first-order valence-corrected chi connectivity index (χ1v) is 6.84. The number of benzene rings is 1. The van der Waals surface area contributed by atoms with E-state index in [0.29, 0.717) is 12.6 Å². The van der Waals surface area contributed by atoms with Crippen molar-refractivity contribution in [2.24, 2.45) is 0 Å². The Kier molecular flexibility index (Phi) is 3.53. The van der Waals surface area contributed by atoms with Crippen LogP contribution in [0.2, 0.25) is 0 Å². The van der Waals surface area contributed by atoms with E-state index in [2.05, 4.69) is 14.9 Å². The van der Waals surface area contributed by atoms with E-state index >= 15 is 0 Å². The number of nitrogens with one attached hydrogen (secondary N) is 1. The molecule has 1 saturated carbocycles. The van der Waals surface area contributed by atoms with Gasteiger partial charge >= 0.3 is 0 Å². The molecule has 0 saturated heterocycles. The second-order valence-corrected chi connectivity index (χ2v) is 5.30. The Balaban J connectivity index is 1.65. The van der Waals surface area contributed by atoms with Gasteiger partial charge in [0.1, 0.15) is 0 Å². The van der Waals surface area contributed by atoms with Crippen molar-refractivity contribution in [2.45, 2.75) is 38.4 Å². The van der Waals surface area contributed by atoms with Gasteiger partial charge in [0.25, 0.3) is 0 Å². The minimum absolute atomic E-state index is 0.0485. The topological polar surface area (TPSA) is 29.9 Å². The van der Waals surface area contributed by atoms with Crippen LogP contribution in [0.5, 0.6) is 0 Å². The molecule has 1 aliphatic carbocycles. The molecule has 1 aliphatic rings. The predicted molar refractivity (Wildman–Crippen MR) is 72.1 cm³/mol. The Morgan fingerprint density at radius 2 is 2.15 bits per heavy atom. The smallest absolute Gasteiger partial charge is 0.159 e. The molecule has 106 valence electrons. The lowest BCUT2D eigenvalue weighted by atomic mass is 10.1. The quantitative estimate of drug-likeness (QED) is 0.908. The van der Waals surface area contributed by atoms with Crippen molar-refractivity contribution in [3.05, 3.63) is 53.6 Å². The van der Waals surface area contributed by atoms with Crippen LogP contribution in [0.4, 0.5) is 8.78 Å². The molecule has 1 aromatic heterocycles. The summed E-state index contributed by atoms with van der Waals surface area (Å²) < 4.78 is 28.3. The average Bonchev–Trinajstić information content (AvgIpc) is 3.18. The molecule has 0 aliphatic heterocycles. The van der Waals surface area contributed by atoms with Crippen molar-refractivity contribution in [1.29, 1.82) is 0 Å². The van der Waals surface area contributed by atoms with Crippen molar-refractivity contribution in [3.8, 4) is 0 Å². The third-order valence-corrected chi connectivity index (χ3v) is 3.72. The van der Waals surface area contributed by atoms with Crippen molar-refractivity contribution in [3.63, 3.8) is 0 Å². The third kappa shape index (κ3) is 2.72. The van der Waals surface area contributed by atoms with Crippen molar-refractivity contribution < 1.29 is 8.78 Å². The molecule has 0 bridgehead atoms. The van der Waals surface area contributed by atoms with Crippen molar-refractivity contribution in [2.75, 3.05) is 0 Å². The van der Waals surface area contributed by atoms with Crippen LogP contribution < -0.4 is 5.32 Å². The summed E-state index contributed by atoms with van der Waals surface area (Å²) in [6.45, 7) is 2.60. The Hall–Kier alpha value is -1.75. The van der Waals surface area contributed by atoms with Gasteiger partial charge in [0.15, 0.2) is 11.6 Å². The van der Waals surface area contributed by atoms with Crippen LogP contribution in [0.1, 0.15) is 43.1 Å². The van der Waals surface area contributed by atoms with Gasteiger partial charge in [-0.2, -0.15) is 0 Å². The first-order valence-electron chi connectivity index (χ1n) is 6.84. The highest BCUT2D eigenvalue weighted by atomic mass is 19.2. The molecule has 1 fully saturated rings. The lowest BCUT2D eigenvalue weighted by Crippen LogP contribution is -2.20. The second-order valence-electron chi connectivity index (χ2n) is 5.30. The van der Waals surface area contributed by atoms with Gasteiger partial charge in [-0.3, -0.25) is 0 Å². The van der Waals surface area contributed by atoms with E-state index in [4.69, 9.17) is 0 Å². The van der Waals surface area contributed by atoms with Crippen molar-refractivity contribution >= 4 is 0 Å². The van der Waals surface area contributed by atoms with Gasteiger partial charge in [0.2, 0.25) is 0 Å². The van der Waals surface area contributed by atoms with Gasteiger partial charge in [0.05, 0.1) is 12.0 Å². The molecule has 1 unspecified atom stereocenters. The summed E-state index contributed by atoms with van der Waals surface area (Å²) in [6.07, 6.45) is 6.13. The highest BCUT2D eigenvalue weighted by Crippen LogP contribution is 2.35. The minimum Gasteiger partial charge on any atom is -0.330 e. The fourth-order valence-electron chi connectivity index (χ4n) is 2.31. The van der Waals surface area contributed by atoms with Gasteiger partial charge in [-0.25, -0.2) is 13.8 Å². The van der Waals surface area contributed by atoms with Gasteiger partial charge in [-0.15, -0.1) is 0 Å². The highest BCUT2D eigenvalue weighted by Gasteiger charge is 2.25. The molecular formula is C15H17F2N3. The zero-order valence-corrected chi connectivity index (χ0v) is 11.3. The van der Waals surface area contributed by atoms with Crippen LogP contribution >= 0.6 is 0 Å². The van der Waals surface area contributed by atoms with E-state index in [9.17, 15) is 8.78 Å². The standard InChI is InChI=1S/C15H17F2N3/c1-10(11-2-5-14(16)15(17)6-11)19-8-13-7-18-9-20(13)12-3-4-12/h2,5-7,9-10,12,19H,3-4,8H2,1H3. The van der Waals surface area contributed by atoms with Crippen LogP contribution in [-0.4, -0.2) is 9.55 Å². The normalized spacial score (nSPS) is 16.4. The van der Waals surface area contributed by atoms with E-state index in [1.807, 2.05) is 19.4 Å². The summed E-state index contributed by atoms with van der Waals surface area (Å²) in [6, 6.07) is 4.55. The van der Waals surface area contributed by atoms with E-state index in [0.717, 1.165) is 17.3 Å². The molecule has 1 N–H and O–H groups in total. The molecule has 0 amide bonds. The molecule has 1 aromatic carbocycles. The minimum atomic E-state index is -0.812. The van der Waals surface area contributed by atoms with Crippen LogP contribution in [0.3, 0.4) is 0 Å². The summed E-state index contributed by atoms with van der Waals surface area (Å²) in [5.74, 6) is -1.62. The molecule has 5 heteroatoms. The number of rotatable bonds is 5. The molecule has 2 aromatic rings. The lowest BCUT2D eigenvalue weighted by Gasteiger charge is -2.15. The monoisotopic (exact) mass is 277 g/mol. The molecule has 0 spiro atoms. The van der Waals surface area contributed by atoms with Crippen LogP contribution in [0.25, 0.3) is 0 Å². The third-order valence-electron chi connectivity index (χ3n) is 3.72. The zero-order chi connectivity index (χ0) is 14.1. The number of hydrogen-bond donors (Lipinski definition) is 1. The molecule has 3 nitrogen and oxygen atoms in total. The maximum atomic E-state index is 13.2. The van der Waals surface area contributed by atoms with Crippen molar-refractivity contribution in [1.82, 2.24) is 14.9 Å². The summed E-state index contributed by atoms with van der Waals surface area (Å²) >= 11 is 0. The highest BCUT2D eigenvalue weighted by molar-refractivity contribution is 5.21. The summed E-state index contributed by atoms with van der Waals surface area (Å²) in [5, 5.41) is 3.32. The van der Waals surface area contributed by atoms with Crippen LogP contribution in [0, 0.1) is 11.6 Å². The molecular weight excluding hydrogens is 260 g/mol. The number of nitrogens with zero attached hydrogens (tertiary/aromatic N) is 2. The van der Waals surface area contributed by atoms with Gasteiger partial charge in [0, 0.05) is 24.8 Å². The SMILES string of the molecule is CC(NCc1cncn1C1CC1)c1ccc(F)c(F)c1. The molecule has 1 atom stereocenters. The van der Waals surface area contributed by atoms with Gasteiger partial charge in [-0.05, 0) is 37.5 Å². The number of hydrogen-bond acceptors (Lipinski definition) is 2. The predicted octanol–water partition coefficient (Wildman–Crippen LogP) is 3.35. The maximum absolute atomic E-state index is 13.2. The molecule has 3 rings (SSSR count). The Morgan fingerprint density at radius 3 is 2.85 bits per heavy atom. The number of halogens is 2. The van der Waals surface area contributed by atoms with E-state index in [1.54, 1.807) is 6.07 Å². The lowest BCUT2D eigenvalue weighted by molar-refractivity contribution is 0.498. The molecule has 20 heavy (non-hydrogen) atoms. The van der Waals surface area contributed by atoms with E-state index in [1.165, 1.54) is 18.9 Å². The summed E-state index contributed by atoms with van der Waals surface area (Å²) in [4.78, 5) is 4.17.